The molecule has 1 aliphatic heterocycles. The van der Waals surface area contributed by atoms with Gasteiger partial charge in [0.05, 0.1) is 0 Å². The van der Waals surface area contributed by atoms with Gasteiger partial charge in [0.15, 0.2) is 0 Å². The van der Waals surface area contributed by atoms with E-state index in [1.54, 1.807) is 27.6 Å². The van der Waals surface area contributed by atoms with Gasteiger partial charge < -0.3 is 0 Å². The average Bonchev–Trinajstić information content (AvgIpc) is 3.70. The third kappa shape index (κ3) is 5.88. The van der Waals surface area contributed by atoms with Crippen LogP contribution in [0.15, 0.2) is 59.4 Å². The predicted molar refractivity (Wildman–Crippen MR) is 159 cm³/mol. The number of pyridine rings is 1. The number of carbonyl (C=O) groups is 3. The molecule has 0 bridgehead atoms. The molecule has 206 valence electrons. The van der Waals surface area contributed by atoms with E-state index >= 15 is 0 Å². The van der Waals surface area contributed by atoms with Gasteiger partial charge in [0.1, 0.15) is 0 Å². The molecule has 10 heteroatoms. The summed E-state index contributed by atoms with van der Waals surface area (Å²) in [6.45, 7) is 6.89. The van der Waals surface area contributed by atoms with Crippen LogP contribution in [0, 0.1) is 5.92 Å². The molecule has 3 N–H and O–H groups in total. The maximum absolute atomic E-state index is 13.6. The van der Waals surface area contributed by atoms with Gasteiger partial charge in [-0.15, -0.1) is 0 Å². The Hall–Kier alpha value is -3.76. The van der Waals surface area contributed by atoms with Crippen molar-refractivity contribution >= 4 is 47.1 Å². The molecule has 1 unspecified atom stereocenters. The Morgan fingerprint density at radius 2 is 1.93 bits per heavy atom. The number of hydrogen-bond acceptors (Lipinski definition) is 5. The molecule has 40 heavy (non-hydrogen) atoms. The third-order valence-electron chi connectivity index (χ3n) is 7.19. The summed E-state index contributed by atoms with van der Waals surface area (Å²) in [5.74, 6) is -0.0936. The Labute approximate surface area is 238 Å². The number of nitrogens with zero attached hydrogens (tertiary/aromatic N) is 2. The van der Waals surface area contributed by atoms with Crippen LogP contribution in [-0.2, 0) is 11.3 Å². The van der Waals surface area contributed by atoms with Crippen molar-refractivity contribution in [2.45, 2.75) is 45.7 Å². The summed E-state index contributed by atoms with van der Waals surface area (Å²) in [6, 6.07) is 12.8. The molecule has 0 saturated carbocycles. The molecule has 0 spiro atoms. The van der Waals surface area contributed by atoms with Gasteiger partial charge in [0.2, 0.25) is 0 Å². The van der Waals surface area contributed by atoms with Crippen molar-refractivity contribution in [2.24, 2.45) is 5.92 Å². The summed E-state index contributed by atoms with van der Waals surface area (Å²) >= 11 is 1.53. The number of anilines is 1. The molecular weight excluding hydrogens is 523 g/mol. The van der Waals surface area contributed by atoms with Gasteiger partial charge in [-0.3, -0.25) is 0 Å². The molecule has 4 aromatic rings. The van der Waals surface area contributed by atoms with Gasteiger partial charge in [0.25, 0.3) is 0 Å². The van der Waals surface area contributed by atoms with Gasteiger partial charge in [0, 0.05) is 0 Å². The number of rotatable bonds is 10. The van der Waals surface area contributed by atoms with E-state index in [2.05, 4.69) is 10.6 Å². The summed E-state index contributed by atoms with van der Waals surface area (Å²) in [7, 11) is 0. The number of carbonyl (C=O) groups excluding carboxylic acids is 3. The van der Waals surface area contributed by atoms with E-state index in [9.17, 15) is 19.5 Å². The summed E-state index contributed by atoms with van der Waals surface area (Å²) in [5.41, 5.74) is 4.93. The first-order chi connectivity index (χ1) is 19.4. The normalized spacial score (nSPS) is 14.1. The van der Waals surface area contributed by atoms with Crippen LogP contribution in [0.1, 0.15) is 59.5 Å². The van der Waals surface area contributed by atoms with Crippen molar-refractivity contribution in [3.05, 3.63) is 76.2 Å². The van der Waals surface area contributed by atoms with Crippen LogP contribution in [0.4, 0.5) is 5.69 Å². The quantitative estimate of drug-likeness (QED) is 0.273. The standard InChI is InChI=1S/C30H33BN4O4S/c1-19(2)15-22(17-36)33-30(39)27-26(21-11-14-40-18-21)31-28-24(5-3-13-35(27)28)29(38)32-16-20-7-9-23(10-8-20)34-12-4-6-25(34)37/h3,5,7-11,13-14,18-19,22,36H,4,6,12,15-17H2,1-2H3,(H,32,38)(H,33,39). The number of thiophene rings is 1. The molecular formula is C30H33BN4O4S. The van der Waals surface area contributed by atoms with E-state index in [0.29, 0.717) is 42.0 Å². The van der Waals surface area contributed by atoms with Gasteiger partial charge in [-0.1, -0.05) is 0 Å². The average molecular weight is 556 g/mol. The van der Waals surface area contributed by atoms with Crippen LogP contribution in [0.5, 0.6) is 0 Å². The van der Waals surface area contributed by atoms with Gasteiger partial charge in [-0.25, -0.2) is 0 Å². The van der Waals surface area contributed by atoms with Crippen molar-refractivity contribution in [2.75, 3.05) is 18.1 Å². The fourth-order valence-corrected chi connectivity index (χ4v) is 5.91. The molecule has 0 aliphatic carbocycles. The summed E-state index contributed by atoms with van der Waals surface area (Å²) in [6.07, 6.45) is 3.90. The molecule has 8 nitrogen and oxygen atoms in total. The van der Waals surface area contributed by atoms with Crippen molar-refractivity contribution in [3.8, 4) is 11.0 Å². The Morgan fingerprint density at radius 3 is 2.58 bits per heavy atom. The van der Waals surface area contributed by atoms with Crippen LogP contribution in [-0.4, -0.2) is 53.3 Å². The molecule has 1 atom stereocenters. The number of nitrogens with one attached hydrogen (secondary N) is 2. The van der Waals surface area contributed by atoms with Crippen LogP contribution in [0.2, 0.25) is 0 Å². The van der Waals surface area contributed by atoms with Gasteiger partial charge in [-0.05, 0) is 0 Å². The SMILES string of the molecule is CC(C)CC(CO)NC(=O)c1c(-c2ccsc2)bc2c(C(=O)NCc3ccc(N4CCCC4=O)cc3)cccn12. The summed E-state index contributed by atoms with van der Waals surface area (Å²) in [4.78, 5) is 40.7. The minimum absolute atomic E-state index is 0.142. The number of aliphatic hydroxyl groups excluding tert-OH is 1. The Morgan fingerprint density at radius 1 is 1.12 bits per heavy atom. The second-order valence-electron chi connectivity index (χ2n) is 10.6. The maximum atomic E-state index is 13.6. The molecule has 0 radical (unpaired) electrons. The van der Waals surface area contributed by atoms with E-state index in [4.69, 9.17) is 0 Å². The molecule has 1 aromatic carbocycles. The topological polar surface area (TPSA) is 103 Å². The number of fused-ring (bicyclic) bond motifs is 1. The first-order valence-corrected chi connectivity index (χ1v) is 14.6. The zero-order valence-corrected chi connectivity index (χ0v) is 23.5. The van der Waals surface area contributed by atoms with Crippen LogP contribution < -0.4 is 15.5 Å². The monoisotopic (exact) mass is 556 g/mol. The molecule has 1 aliphatic rings. The Kier molecular flexibility index (Phi) is 8.47. The molecule has 3 amide bonds. The van der Waals surface area contributed by atoms with E-state index < -0.39 is 0 Å². The number of amides is 3. The molecule has 3 aromatic heterocycles. The predicted octanol–water partition coefficient (Wildman–Crippen LogP) is 4.20. The van der Waals surface area contributed by atoms with Crippen LogP contribution >= 0.6 is 11.3 Å². The minimum atomic E-state index is -0.366. The Bertz CT molecular complexity index is 1510. The van der Waals surface area contributed by atoms with E-state index in [1.165, 1.54) is 11.3 Å². The second kappa shape index (κ2) is 12.2. The van der Waals surface area contributed by atoms with Crippen molar-refractivity contribution in [3.63, 3.8) is 0 Å². The fourth-order valence-electron chi connectivity index (χ4n) is 5.25. The number of aliphatic hydroxyl groups is 1. The van der Waals surface area contributed by atoms with Gasteiger partial charge >= 0.3 is 239 Å². The Balaban J connectivity index is 1.39. The number of benzene rings is 1. The van der Waals surface area contributed by atoms with Gasteiger partial charge in [-0.2, -0.15) is 0 Å². The zero-order chi connectivity index (χ0) is 28.2. The van der Waals surface area contributed by atoms with Crippen LogP contribution in [0.25, 0.3) is 16.4 Å². The number of aromatic nitrogens is 1. The van der Waals surface area contributed by atoms with E-state index in [-0.39, 0.29) is 30.4 Å². The van der Waals surface area contributed by atoms with Crippen molar-refractivity contribution in [1.29, 1.82) is 0 Å². The molecule has 5 rings (SSSR count). The third-order valence-corrected chi connectivity index (χ3v) is 7.87. The summed E-state index contributed by atoms with van der Waals surface area (Å²) < 4.78 is 1.75. The molecule has 4 heterocycles. The zero-order valence-electron chi connectivity index (χ0n) is 22.7. The summed E-state index contributed by atoms with van der Waals surface area (Å²) in [5, 5.41) is 19.8. The van der Waals surface area contributed by atoms with E-state index in [1.807, 2.05) is 61.8 Å². The molecule has 1 saturated heterocycles. The number of hydrogen-bond donors (Lipinski definition) is 3. The first-order valence-electron chi connectivity index (χ1n) is 13.6. The van der Waals surface area contributed by atoms with Crippen LogP contribution in [0.3, 0.4) is 0 Å². The van der Waals surface area contributed by atoms with E-state index in [0.717, 1.165) is 35.2 Å². The van der Waals surface area contributed by atoms with Crippen molar-refractivity contribution < 1.29 is 19.5 Å². The molecule has 1 fully saturated rings. The second-order valence-corrected chi connectivity index (χ2v) is 11.4. The first kappa shape index (κ1) is 27.8. The fraction of sp³-hybridized carbons (Fsp3) is 0.333. The van der Waals surface area contributed by atoms with Crippen molar-refractivity contribution in [1.82, 2.24) is 15.0 Å².